The van der Waals surface area contributed by atoms with E-state index in [2.05, 4.69) is 103 Å². The lowest BCUT2D eigenvalue weighted by Crippen LogP contribution is -2.48. The summed E-state index contributed by atoms with van der Waals surface area (Å²) in [4.78, 5) is 19.4. The van der Waals surface area contributed by atoms with E-state index in [1.165, 1.54) is 35.1 Å². The average Bonchev–Trinajstić information content (AvgIpc) is 4.12. The highest BCUT2D eigenvalue weighted by Gasteiger charge is 2.40. The van der Waals surface area contributed by atoms with Crippen LogP contribution in [0.3, 0.4) is 0 Å². The van der Waals surface area contributed by atoms with Crippen molar-refractivity contribution in [3.63, 3.8) is 0 Å². The maximum absolute atomic E-state index is 12.9. The fraction of sp³-hybridized carbons (Fsp3) is 0.479. The molecule has 302 valence electrons. The van der Waals surface area contributed by atoms with Crippen molar-refractivity contribution in [2.45, 2.75) is 120 Å². The van der Waals surface area contributed by atoms with Crippen LogP contribution in [0.2, 0.25) is 0 Å². The molecule has 4 unspecified atom stereocenters. The van der Waals surface area contributed by atoms with Gasteiger partial charge < -0.3 is 29.7 Å². The Morgan fingerprint density at radius 1 is 0.828 bits per heavy atom. The first-order valence-electron chi connectivity index (χ1n) is 21.9. The van der Waals surface area contributed by atoms with Gasteiger partial charge in [-0.1, -0.05) is 67.4 Å². The standard InChI is InChI=1S/C48H56N6O4/c55-46(33-14-17-37(18-15-33)58-29-32-8-2-1-3-9-32)25-42-38-12-6-7-13-39(38)45-28-52(31-54(42)45)36-16-19-40-41(24-36)43(53-30-49-27-44(40)53)26-47(56)34-20-22-51(23-21-34)48(57)50-35-10-4-5-11-35/h1-3,6-9,12-13,16,19,24,27-28,30-31,33-35,37,42-43,46-47,55-56H,4-5,10-11,14-15,17-18,20-23,25-26,29H2/p+1. The van der Waals surface area contributed by atoms with Gasteiger partial charge in [0.2, 0.25) is 6.33 Å². The van der Waals surface area contributed by atoms with Crippen molar-refractivity contribution in [1.82, 2.24) is 24.3 Å². The van der Waals surface area contributed by atoms with E-state index in [-0.39, 0.29) is 36.1 Å². The second-order valence-corrected chi connectivity index (χ2v) is 17.7. The first kappa shape index (κ1) is 37.5. The third-order valence-corrected chi connectivity index (χ3v) is 14.3. The monoisotopic (exact) mass is 781 g/mol. The summed E-state index contributed by atoms with van der Waals surface area (Å²) in [5, 5.41) is 26.7. The number of likely N-dealkylation sites (tertiary alicyclic amines) is 1. The number of piperidine rings is 1. The van der Waals surface area contributed by atoms with Crippen molar-refractivity contribution in [3.05, 3.63) is 115 Å². The number of urea groups is 1. The van der Waals surface area contributed by atoms with Gasteiger partial charge in [-0.2, -0.15) is 0 Å². The number of nitrogens with zero attached hydrogens (tertiary/aromatic N) is 5. The summed E-state index contributed by atoms with van der Waals surface area (Å²) in [6.07, 6.45) is 19.0. The third-order valence-electron chi connectivity index (χ3n) is 14.3. The number of carbonyl (C=O) groups is 1. The smallest absolute Gasteiger partial charge is 0.317 e. The molecule has 1 saturated heterocycles. The summed E-state index contributed by atoms with van der Waals surface area (Å²) in [5.74, 6) is 0.411. The molecule has 10 rings (SSSR count). The molecule has 58 heavy (non-hydrogen) atoms. The van der Waals surface area contributed by atoms with Crippen LogP contribution in [0, 0.1) is 11.8 Å². The van der Waals surface area contributed by atoms with Gasteiger partial charge in [0.15, 0.2) is 5.69 Å². The minimum absolute atomic E-state index is 0.0244. The van der Waals surface area contributed by atoms with Gasteiger partial charge in [-0.3, -0.25) is 0 Å². The van der Waals surface area contributed by atoms with Gasteiger partial charge in [0.05, 0.1) is 49.2 Å². The predicted molar refractivity (Wildman–Crippen MR) is 222 cm³/mol. The van der Waals surface area contributed by atoms with Gasteiger partial charge >= 0.3 is 6.03 Å². The second kappa shape index (κ2) is 16.1. The summed E-state index contributed by atoms with van der Waals surface area (Å²) < 4.78 is 13.1. The SMILES string of the molecule is O=C(NC1CCCC1)N1CCC(C(O)CC2c3cc(-n4cc5[n+](c4)C(CC(O)C4CCC(OCc6ccccc6)CC4)c4ccccc4-5)ccc3-c3cncn32)CC1. The predicted octanol–water partition coefficient (Wildman–Crippen LogP) is 7.74. The van der Waals surface area contributed by atoms with Crippen molar-refractivity contribution >= 4 is 6.03 Å². The fourth-order valence-electron chi connectivity index (χ4n) is 10.9. The zero-order valence-electron chi connectivity index (χ0n) is 33.4. The Labute approximate surface area is 341 Å². The van der Waals surface area contributed by atoms with Gasteiger partial charge in [-0.05, 0) is 98.9 Å². The first-order chi connectivity index (χ1) is 28.5. The van der Waals surface area contributed by atoms with E-state index in [1.807, 2.05) is 23.5 Å². The lowest BCUT2D eigenvalue weighted by Gasteiger charge is -2.35. The zero-order valence-corrected chi connectivity index (χ0v) is 33.4. The van der Waals surface area contributed by atoms with Crippen molar-refractivity contribution < 1.29 is 24.3 Å². The molecule has 3 aliphatic heterocycles. The minimum Gasteiger partial charge on any atom is -0.393 e. The molecule has 10 heteroatoms. The summed E-state index contributed by atoms with van der Waals surface area (Å²) in [6.45, 7) is 2.02. The summed E-state index contributed by atoms with van der Waals surface area (Å²) in [7, 11) is 0. The van der Waals surface area contributed by atoms with Gasteiger partial charge in [-0.15, -0.1) is 0 Å². The van der Waals surface area contributed by atoms with Crippen LogP contribution in [0.4, 0.5) is 4.79 Å². The molecule has 3 aromatic carbocycles. The molecule has 2 saturated carbocycles. The number of hydrogen-bond acceptors (Lipinski definition) is 5. The number of carbonyl (C=O) groups excluding carboxylic acids is 1. The Kier molecular flexibility index (Phi) is 10.4. The number of amides is 2. The minimum atomic E-state index is -0.485. The highest BCUT2D eigenvalue weighted by molar-refractivity contribution is 5.74. The van der Waals surface area contributed by atoms with E-state index >= 15 is 0 Å². The molecule has 0 spiro atoms. The number of ether oxygens (including phenoxy) is 1. The molecule has 2 aliphatic carbocycles. The molecule has 5 aliphatic rings. The number of nitrogens with one attached hydrogen (secondary N) is 1. The van der Waals surface area contributed by atoms with E-state index in [9.17, 15) is 15.0 Å². The van der Waals surface area contributed by atoms with Gasteiger partial charge in [0, 0.05) is 42.2 Å². The van der Waals surface area contributed by atoms with Crippen LogP contribution in [0.1, 0.15) is 106 Å². The maximum Gasteiger partial charge on any atom is 0.317 e. The third kappa shape index (κ3) is 7.28. The van der Waals surface area contributed by atoms with Crippen LogP contribution >= 0.6 is 0 Å². The molecule has 10 nitrogen and oxygen atoms in total. The van der Waals surface area contributed by atoms with Gasteiger partial charge in [-0.25, -0.2) is 18.9 Å². The number of fused-ring (bicyclic) bond motifs is 6. The second-order valence-electron chi connectivity index (χ2n) is 17.7. The molecular weight excluding hydrogens is 725 g/mol. The fourth-order valence-corrected chi connectivity index (χ4v) is 10.9. The van der Waals surface area contributed by atoms with Crippen LogP contribution in [-0.2, 0) is 11.3 Å². The van der Waals surface area contributed by atoms with Gasteiger partial charge in [0.25, 0.3) is 0 Å². The van der Waals surface area contributed by atoms with Crippen molar-refractivity contribution in [1.29, 1.82) is 0 Å². The molecule has 3 N–H and O–H groups in total. The number of aromatic nitrogens is 4. The van der Waals surface area contributed by atoms with Crippen LogP contribution in [-0.4, -0.2) is 72.7 Å². The number of benzene rings is 3. The Hall–Kier alpha value is -4.77. The molecule has 3 fully saturated rings. The highest BCUT2D eigenvalue weighted by Crippen LogP contribution is 2.44. The quantitative estimate of drug-likeness (QED) is 0.119. The molecule has 2 amide bonds. The number of rotatable bonds is 11. The number of hydrogen-bond donors (Lipinski definition) is 3. The average molecular weight is 782 g/mol. The lowest BCUT2D eigenvalue weighted by atomic mass is 9.81. The van der Waals surface area contributed by atoms with Crippen molar-refractivity contribution in [3.8, 4) is 28.2 Å². The first-order valence-corrected chi connectivity index (χ1v) is 21.9. The normalized spacial score (nSPS) is 23.9. The highest BCUT2D eigenvalue weighted by atomic mass is 16.5. The molecule has 5 aromatic rings. The van der Waals surface area contributed by atoms with E-state index in [0.717, 1.165) is 74.0 Å². The van der Waals surface area contributed by atoms with E-state index < -0.39 is 12.2 Å². The Morgan fingerprint density at radius 3 is 2.38 bits per heavy atom. The molecular formula is C48H57N6O4+. The zero-order chi connectivity index (χ0) is 39.2. The largest absolute Gasteiger partial charge is 0.393 e. The van der Waals surface area contributed by atoms with E-state index in [1.54, 1.807) is 0 Å². The molecule has 4 atom stereocenters. The van der Waals surface area contributed by atoms with E-state index in [4.69, 9.17) is 4.74 Å². The van der Waals surface area contributed by atoms with Crippen molar-refractivity contribution in [2.75, 3.05) is 13.1 Å². The molecule has 5 heterocycles. The Morgan fingerprint density at radius 2 is 1.57 bits per heavy atom. The Bertz CT molecular complexity index is 2210. The Balaban J connectivity index is 0.821. The maximum atomic E-state index is 12.9. The summed E-state index contributed by atoms with van der Waals surface area (Å²) in [6, 6.07) is 26.1. The van der Waals surface area contributed by atoms with Gasteiger partial charge in [0.1, 0.15) is 17.9 Å². The van der Waals surface area contributed by atoms with E-state index in [0.29, 0.717) is 38.6 Å². The molecule has 0 radical (unpaired) electrons. The number of imidazole rings is 2. The van der Waals surface area contributed by atoms with Crippen LogP contribution in [0.15, 0.2) is 97.8 Å². The lowest BCUT2D eigenvalue weighted by molar-refractivity contribution is -0.699. The molecule has 0 bridgehead atoms. The van der Waals surface area contributed by atoms with Crippen LogP contribution in [0.25, 0.3) is 28.2 Å². The topological polar surface area (TPSA) is 109 Å². The molecule has 2 aromatic heterocycles. The number of aliphatic hydroxyl groups is 2. The number of aliphatic hydroxyl groups excluding tert-OH is 2. The van der Waals surface area contributed by atoms with Crippen molar-refractivity contribution in [2.24, 2.45) is 11.8 Å². The van der Waals surface area contributed by atoms with Crippen LogP contribution < -0.4 is 9.88 Å². The van der Waals surface area contributed by atoms with Crippen LogP contribution in [0.5, 0.6) is 0 Å². The summed E-state index contributed by atoms with van der Waals surface area (Å²) >= 11 is 0. The summed E-state index contributed by atoms with van der Waals surface area (Å²) in [5.41, 5.74) is 9.40.